The molecule has 0 aliphatic heterocycles. The van der Waals surface area contributed by atoms with Crippen molar-refractivity contribution < 1.29 is 15.3 Å². The van der Waals surface area contributed by atoms with Crippen LogP contribution in [0, 0.1) is 0 Å². The molecule has 3 nitrogen and oxygen atoms in total. The molecule has 0 spiro atoms. The van der Waals surface area contributed by atoms with Gasteiger partial charge in [-0.1, -0.05) is 24.3 Å². The molecule has 1 aromatic rings. The van der Waals surface area contributed by atoms with E-state index in [0.717, 1.165) is 5.56 Å². The molecule has 1 aromatic carbocycles. The normalized spacial score (nSPS) is 14.1. The van der Waals surface area contributed by atoms with Crippen LogP contribution in [0.5, 0.6) is 0 Å². The van der Waals surface area contributed by atoms with E-state index in [9.17, 15) is 10.2 Å². The van der Waals surface area contributed by atoms with E-state index in [4.69, 9.17) is 5.11 Å². The molecule has 0 amide bonds. The van der Waals surface area contributed by atoms with Crippen LogP contribution < -0.4 is 0 Å². The molecule has 14 heavy (non-hydrogen) atoms. The summed E-state index contributed by atoms with van der Waals surface area (Å²) in [6.45, 7) is 3.11. The second-order valence-corrected chi connectivity index (χ2v) is 3.88. The fourth-order valence-corrected chi connectivity index (χ4v) is 1.22. The first-order valence-electron chi connectivity index (χ1n) is 4.57. The lowest BCUT2D eigenvalue weighted by Crippen LogP contribution is -2.15. The SMILES string of the molecule is CC(C)(O)c1ccc(C(O)CO)cc1. The summed E-state index contributed by atoms with van der Waals surface area (Å²) in [6.07, 6.45) is -0.842. The van der Waals surface area contributed by atoms with E-state index in [1.807, 2.05) is 0 Å². The van der Waals surface area contributed by atoms with Crippen molar-refractivity contribution in [2.24, 2.45) is 0 Å². The zero-order valence-electron chi connectivity index (χ0n) is 8.44. The van der Waals surface area contributed by atoms with Gasteiger partial charge < -0.3 is 15.3 Å². The molecule has 3 N–H and O–H groups in total. The number of rotatable bonds is 3. The maximum atomic E-state index is 9.66. The van der Waals surface area contributed by atoms with Gasteiger partial charge in [-0.3, -0.25) is 0 Å². The van der Waals surface area contributed by atoms with E-state index in [1.54, 1.807) is 38.1 Å². The molecule has 1 rings (SSSR count). The van der Waals surface area contributed by atoms with Crippen LogP contribution in [0.3, 0.4) is 0 Å². The maximum absolute atomic E-state index is 9.66. The van der Waals surface area contributed by atoms with E-state index in [0.29, 0.717) is 5.56 Å². The van der Waals surface area contributed by atoms with Crippen molar-refractivity contribution in [1.29, 1.82) is 0 Å². The largest absolute Gasteiger partial charge is 0.393 e. The van der Waals surface area contributed by atoms with Crippen molar-refractivity contribution in [1.82, 2.24) is 0 Å². The van der Waals surface area contributed by atoms with Crippen molar-refractivity contribution in [2.75, 3.05) is 6.61 Å². The molecule has 3 heteroatoms. The number of hydrogen-bond donors (Lipinski definition) is 3. The first-order chi connectivity index (χ1) is 6.45. The molecule has 0 aliphatic carbocycles. The van der Waals surface area contributed by atoms with Crippen LogP contribution in [-0.4, -0.2) is 21.9 Å². The fourth-order valence-electron chi connectivity index (χ4n) is 1.22. The van der Waals surface area contributed by atoms with E-state index in [1.165, 1.54) is 0 Å². The van der Waals surface area contributed by atoms with Gasteiger partial charge in [0.15, 0.2) is 0 Å². The van der Waals surface area contributed by atoms with Crippen LogP contribution in [0.25, 0.3) is 0 Å². The standard InChI is InChI=1S/C11H16O3/c1-11(2,14)9-5-3-8(4-6-9)10(13)7-12/h3-6,10,12-14H,7H2,1-2H3. The summed E-state index contributed by atoms with van der Waals surface area (Å²) in [4.78, 5) is 0. The van der Waals surface area contributed by atoms with Gasteiger partial charge in [-0.05, 0) is 25.0 Å². The van der Waals surface area contributed by atoms with Gasteiger partial charge in [-0.2, -0.15) is 0 Å². The number of aliphatic hydroxyl groups is 3. The minimum absolute atomic E-state index is 0.290. The molecule has 78 valence electrons. The number of benzene rings is 1. The van der Waals surface area contributed by atoms with Gasteiger partial charge in [0, 0.05) is 0 Å². The van der Waals surface area contributed by atoms with E-state index in [-0.39, 0.29) is 6.61 Å². The minimum atomic E-state index is -0.872. The molecule has 1 unspecified atom stereocenters. The molecule has 0 saturated heterocycles. The van der Waals surface area contributed by atoms with Gasteiger partial charge in [0.2, 0.25) is 0 Å². The lowest BCUT2D eigenvalue weighted by molar-refractivity contribution is 0.0780. The Hall–Kier alpha value is -0.900. The van der Waals surface area contributed by atoms with Crippen LogP contribution in [0.4, 0.5) is 0 Å². The van der Waals surface area contributed by atoms with Crippen molar-refractivity contribution in [3.63, 3.8) is 0 Å². The summed E-state index contributed by atoms with van der Waals surface area (Å²) in [5, 5.41) is 27.7. The van der Waals surface area contributed by atoms with Gasteiger partial charge >= 0.3 is 0 Å². The number of hydrogen-bond acceptors (Lipinski definition) is 3. The Morgan fingerprint density at radius 2 is 1.71 bits per heavy atom. The Kier molecular flexibility index (Phi) is 3.26. The average molecular weight is 196 g/mol. The third-order valence-electron chi connectivity index (χ3n) is 2.17. The summed E-state index contributed by atoms with van der Waals surface area (Å²) in [5.74, 6) is 0. The zero-order valence-corrected chi connectivity index (χ0v) is 8.44. The van der Waals surface area contributed by atoms with E-state index in [2.05, 4.69) is 0 Å². The highest BCUT2D eigenvalue weighted by Crippen LogP contribution is 2.21. The van der Waals surface area contributed by atoms with E-state index < -0.39 is 11.7 Å². The fraction of sp³-hybridized carbons (Fsp3) is 0.455. The third-order valence-corrected chi connectivity index (χ3v) is 2.17. The summed E-state index contributed by atoms with van der Waals surface area (Å²) in [6, 6.07) is 6.89. The summed E-state index contributed by atoms with van der Waals surface area (Å²) < 4.78 is 0. The van der Waals surface area contributed by atoms with Gasteiger partial charge in [0.25, 0.3) is 0 Å². The monoisotopic (exact) mass is 196 g/mol. The van der Waals surface area contributed by atoms with Crippen LogP contribution in [-0.2, 0) is 5.60 Å². The zero-order chi connectivity index (χ0) is 10.8. The predicted octanol–water partition coefficient (Wildman–Crippen LogP) is 0.940. The highest BCUT2D eigenvalue weighted by Gasteiger charge is 2.15. The lowest BCUT2D eigenvalue weighted by atomic mass is 9.96. The lowest BCUT2D eigenvalue weighted by Gasteiger charge is -2.18. The quantitative estimate of drug-likeness (QED) is 0.674. The van der Waals surface area contributed by atoms with Crippen molar-refractivity contribution in [3.05, 3.63) is 35.4 Å². The second-order valence-electron chi connectivity index (χ2n) is 3.88. The van der Waals surface area contributed by atoms with Crippen LogP contribution in [0.15, 0.2) is 24.3 Å². The summed E-state index contributed by atoms with van der Waals surface area (Å²) in [7, 11) is 0. The van der Waals surface area contributed by atoms with Crippen LogP contribution >= 0.6 is 0 Å². The van der Waals surface area contributed by atoms with Gasteiger partial charge in [-0.15, -0.1) is 0 Å². The van der Waals surface area contributed by atoms with Crippen molar-refractivity contribution >= 4 is 0 Å². The predicted molar refractivity (Wildman–Crippen MR) is 53.7 cm³/mol. The summed E-state index contributed by atoms with van der Waals surface area (Å²) in [5.41, 5.74) is 0.565. The topological polar surface area (TPSA) is 60.7 Å². The molecule has 0 aromatic heterocycles. The molecular weight excluding hydrogens is 180 g/mol. The molecule has 0 radical (unpaired) electrons. The van der Waals surface area contributed by atoms with Crippen molar-refractivity contribution in [2.45, 2.75) is 25.6 Å². The number of aliphatic hydroxyl groups excluding tert-OH is 2. The summed E-state index contributed by atoms with van der Waals surface area (Å²) >= 11 is 0. The Balaban J connectivity index is 2.89. The Morgan fingerprint density at radius 1 is 1.21 bits per heavy atom. The third kappa shape index (κ3) is 2.54. The molecule has 0 bridgehead atoms. The Bertz CT molecular complexity index is 284. The van der Waals surface area contributed by atoms with Gasteiger partial charge in [0.05, 0.1) is 12.2 Å². The van der Waals surface area contributed by atoms with Crippen molar-refractivity contribution in [3.8, 4) is 0 Å². The molecule has 0 heterocycles. The second kappa shape index (κ2) is 4.09. The van der Waals surface area contributed by atoms with Crippen LogP contribution in [0.2, 0.25) is 0 Å². The molecule has 0 fully saturated rings. The Labute approximate surface area is 83.6 Å². The van der Waals surface area contributed by atoms with Crippen LogP contribution in [0.1, 0.15) is 31.1 Å². The van der Waals surface area contributed by atoms with Gasteiger partial charge in [0.1, 0.15) is 6.10 Å². The van der Waals surface area contributed by atoms with Gasteiger partial charge in [-0.25, -0.2) is 0 Å². The highest BCUT2D eigenvalue weighted by molar-refractivity contribution is 5.27. The first kappa shape index (κ1) is 11.2. The highest BCUT2D eigenvalue weighted by atomic mass is 16.3. The minimum Gasteiger partial charge on any atom is -0.393 e. The average Bonchev–Trinajstić information content (AvgIpc) is 2.15. The first-order valence-corrected chi connectivity index (χ1v) is 4.57. The molecule has 0 aliphatic rings. The Morgan fingerprint density at radius 3 is 2.07 bits per heavy atom. The molecular formula is C11H16O3. The maximum Gasteiger partial charge on any atom is 0.102 e. The molecule has 1 atom stereocenters. The molecule has 0 saturated carbocycles. The van der Waals surface area contributed by atoms with E-state index >= 15 is 0 Å². The smallest absolute Gasteiger partial charge is 0.102 e.